The highest BCUT2D eigenvalue weighted by atomic mass is 16.4. The van der Waals surface area contributed by atoms with Gasteiger partial charge in [0, 0.05) is 11.1 Å². The summed E-state index contributed by atoms with van der Waals surface area (Å²) in [6.45, 7) is 3.09. The zero-order chi connectivity index (χ0) is 15.1. The van der Waals surface area contributed by atoms with Crippen LogP contribution in [0.3, 0.4) is 0 Å². The first-order valence-corrected chi connectivity index (χ1v) is 6.32. The molecule has 0 radical (unpaired) electrons. The second kappa shape index (κ2) is 7.28. The second-order valence-corrected chi connectivity index (χ2v) is 4.51. The zero-order valence-electron chi connectivity index (χ0n) is 11.6. The van der Waals surface area contributed by atoms with Crippen molar-refractivity contribution in [2.24, 2.45) is 0 Å². The maximum absolute atomic E-state index is 11.2. The number of carbonyl (C=O) groups is 2. The second-order valence-electron chi connectivity index (χ2n) is 4.51. The van der Waals surface area contributed by atoms with Crippen molar-refractivity contribution >= 4 is 17.5 Å². The van der Waals surface area contributed by atoms with Crippen LogP contribution in [0.4, 0.5) is 0 Å². The Labute approximate surface area is 118 Å². The van der Waals surface area contributed by atoms with Gasteiger partial charge in [-0.1, -0.05) is 36.4 Å². The molecule has 0 aliphatic rings. The third kappa shape index (κ3) is 4.39. The highest BCUT2D eigenvalue weighted by Crippen LogP contribution is 2.24. The molecule has 4 nitrogen and oxygen atoms in total. The molecular formula is C16H18O4. The maximum atomic E-state index is 11.2. The van der Waals surface area contributed by atoms with Crippen molar-refractivity contribution in [2.45, 2.75) is 26.7 Å². The minimum absolute atomic E-state index is 0.269. The molecule has 0 unspecified atom stereocenters. The van der Waals surface area contributed by atoms with Crippen LogP contribution in [0.25, 0.3) is 5.57 Å². The van der Waals surface area contributed by atoms with E-state index < -0.39 is 11.9 Å². The monoisotopic (exact) mass is 274 g/mol. The van der Waals surface area contributed by atoms with Crippen LogP contribution in [0.2, 0.25) is 0 Å². The summed E-state index contributed by atoms with van der Waals surface area (Å²) in [5.74, 6) is -1.91. The molecule has 2 N–H and O–H groups in total. The van der Waals surface area contributed by atoms with Gasteiger partial charge in [0.05, 0.1) is 0 Å². The quantitative estimate of drug-likeness (QED) is 0.780. The van der Waals surface area contributed by atoms with Crippen LogP contribution in [0.15, 0.2) is 47.6 Å². The molecule has 0 saturated heterocycles. The van der Waals surface area contributed by atoms with Crippen molar-refractivity contribution in [1.29, 1.82) is 0 Å². The van der Waals surface area contributed by atoms with E-state index in [0.717, 1.165) is 11.1 Å². The molecule has 0 amide bonds. The van der Waals surface area contributed by atoms with Crippen molar-refractivity contribution < 1.29 is 19.8 Å². The van der Waals surface area contributed by atoms with E-state index in [4.69, 9.17) is 10.2 Å². The van der Waals surface area contributed by atoms with E-state index >= 15 is 0 Å². The smallest absolute Gasteiger partial charge is 0.331 e. The van der Waals surface area contributed by atoms with Crippen LogP contribution < -0.4 is 0 Å². The minimum atomic E-state index is -0.956. The van der Waals surface area contributed by atoms with Crippen molar-refractivity contribution in [3.63, 3.8) is 0 Å². The van der Waals surface area contributed by atoms with Gasteiger partial charge in [0.2, 0.25) is 0 Å². The van der Waals surface area contributed by atoms with Crippen LogP contribution in [0.1, 0.15) is 32.3 Å². The first-order valence-electron chi connectivity index (χ1n) is 6.32. The summed E-state index contributed by atoms with van der Waals surface area (Å²) < 4.78 is 0. The van der Waals surface area contributed by atoms with Gasteiger partial charge < -0.3 is 10.2 Å². The van der Waals surface area contributed by atoms with Gasteiger partial charge in [-0.2, -0.15) is 0 Å². The molecule has 1 aromatic carbocycles. The molecule has 20 heavy (non-hydrogen) atoms. The van der Waals surface area contributed by atoms with Crippen LogP contribution in [-0.2, 0) is 9.59 Å². The van der Waals surface area contributed by atoms with Gasteiger partial charge in [-0.3, -0.25) is 0 Å². The van der Waals surface area contributed by atoms with Crippen molar-refractivity contribution in [1.82, 2.24) is 0 Å². The third-order valence-electron chi connectivity index (χ3n) is 3.08. The predicted molar refractivity (Wildman–Crippen MR) is 77.3 cm³/mol. The molecule has 0 heterocycles. The molecule has 106 valence electrons. The Morgan fingerprint density at radius 2 is 1.65 bits per heavy atom. The summed E-state index contributed by atoms with van der Waals surface area (Å²) in [6.07, 6.45) is 2.60. The van der Waals surface area contributed by atoms with Gasteiger partial charge in [0.15, 0.2) is 0 Å². The van der Waals surface area contributed by atoms with E-state index in [-0.39, 0.29) is 11.1 Å². The van der Waals surface area contributed by atoms with E-state index in [2.05, 4.69) is 0 Å². The number of hydrogen-bond acceptors (Lipinski definition) is 2. The van der Waals surface area contributed by atoms with Crippen molar-refractivity contribution in [2.75, 3.05) is 0 Å². The highest BCUT2D eigenvalue weighted by molar-refractivity contribution is 5.95. The summed E-state index contributed by atoms with van der Waals surface area (Å²) in [6, 6.07) is 9.28. The summed E-state index contributed by atoms with van der Waals surface area (Å²) in [5, 5.41) is 17.9. The average Bonchev–Trinajstić information content (AvgIpc) is 2.43. The number of allylic oxidation sites excluding steroid dienone is 2. The Kier molecular flexibility index (Phi) is 5.72. The summed E-state index contributed by atoms with van der Waals surface area (Å²) in [4.78, 5) is 21.9. The van der Waals surface area contributed by atoms with E-state index in [9.17, 15) is 9.59 Å². The molecule has 0 fully saturated rings. The molecule has 0 saturated carbocycles. The fraction of sp³-hybridized carbons (Fsp3) is 0.250. The van der Waals surface area contributed by atoms with Crippen LogP contribution >= 0.6 is 0 Å². The van der Waals surface area contributed by atoms with Gasteiger partial charge in [0.1, 0.15) is 0 Å². The standard InChI is InChI=1S/C16H18O4/c1-11(15(17)18)7-6-10-14(12(2)16(19)20)13-8-4-3-5-9-13/h3-5,7-9H,6,10H2,1-2H3,(H,17,18)(H,19,20). The zero-order valence-corrected chi connectivity index (χ0v) is 11.6. The molecule has 0 aliphatic heterocycles. The number of aliphatic carboxylic acids is 2. The Morgan fingerprint density at radius 3 is 2.15 bits per heavy atom. The molecule has 1 rings (SSSR count). The Hall–Kier alpha value is -2.36. The number of carboxylic acids is 2. The maximum Gasteiger partial charge on any atom is 0.331 e. The molecule has 0 aromatic heterocycles. The molecule has 1 aromatic rings. The van der Waals surface area contributed by atoms with E-state index in [1.807, 2.05) is 30.3 Å². The van der Waals surface area contributed by atoms with Crippen LogP contribution in [0, 0.1) is 0 Å². The largest absolute Gasteiger partial charge is 0.478 e. The molecule has 4 heteroatoms. The summed E-state index contributed by atoms with van der Waals surface area (Å²) >= 11 is 0. The topological polar surface area (TPSA) is 74.6 Å². The van der Waals surface area contributed by atoms with E-state index in [1.165, 1.54) is 6.92 Å². The van der Waals surface area contributed by atoms with E-state index in [0.29, 0.717) is 12.8 Å². The molecular weight excluding hydrogens is 256 g/mol. The molecule has 0 bridgehead atoms. The Bertz CT molecular complexity index is 553. The number of hydrogen-bond donors (Lipinski definition) is 2. The first kappa shape index (κ1) is 15.7. The summed E-state index contributed by atoms with van der Waals surface area (Å²) in [7, 11) is 0. The lowest BCUT2D eigenvalue weighted by Crippen LogP contribution is -2.01. The lowest BCUT2D eigenvalue weighted by atomic mass is 9.96. The fourth-order valence-electron chi connectivity index (χ4n) is 1.84. The number of carboxylic acid groups (broad SMARTS) is 2. The average molecular weight is 274 g/mol. The fourth-order valence-corrected chi connectivity index (χ4v) is 1.84. The van der Waals surface area contributed by atoms with Crippen LogP contribution in [-0.4, -0.2) is 22.2 Å². The summed E-state index contributed by atoms with van der Waals surface area (Å²) in [5.41, 5.74) is 2.14. The van der Waals surface area contributed by atoms with Gasteiger partial charge in [-0.25, -0.2) is 9.59 Å². The van der Waals surface area contributed by atoms with Gasteiger partial charge >= 0.3 is 11.9 Å². The normalized spacial score (nSPS) is 12.8. The lowest BCUT2D eigenvalue weighted by Gasteiger charge is -2.09. The van der Waals surface area contributed by atoms with E-state index in [1.54, 1.807) is 13.0 Å². The van der Waals surface area contributed by atoms with Crippen LogP contribution in [0.5, 0.6) is 0 Å². The van der Waals surface area contributed by atoms with Gasteiger partial charge in [-0.05, 0) is 37.8 Å². The van der Waals surface area contributed by atoms with Gasteiger partial charge in [-0.15, -0.1) is 0 Å². The minimum Gasteiger partial charge on any atom is -0.478 e. The molecule has 0 aliphatic carbocycles. The lowest BCUT2D eigenvalue weighted by molar-refractivity contribution is -0.133. The highest BCUT2D eigenvalue weighted by Gasteiger charge is 2.11. The number of rotatable bonds is 6. The first-order chi connectivity index (χ1) is 9.43. The Morgan fingerprint density at radius 1 is 1.05 bits per heavy atom. The number of benzene rings is 1. The van der Waals surface area contributed by atoms with Crippen molar-refractivity contribution in [3.8, 4) is 0 Å². The SMILES string of the molecule is CC(=CCCC(=C(C)C(=O)O)c1ccccc1)C(=O)O. The molecule has 0 spiro atoms. The third-order valence-corrected chi connectivity index (χ3v) is 3.08. The molecule has 0 atom stereocenters. The van der Waals surface area contributed by atoms with Crippen molar-refractivity contribution in [3.05, 3.63) is 53.1 Å². The Balaban J connectivity index is 2.98. The predicted octanol–water partition coefficient (Wildman–Crippen LogP) is 3.36. The van der Waals surface area contributed by atoms with Gasteiger partial charge in [0.25, 0.3) is 0 Å².